The van der Waals surface area contributed by atoms with Crippen LogP contribution in [0, 0.1) is 11.8 Å². The minimum absolute atomic E-state index is 0.162. The zero-order valence-electron chi connectivity index (χ0n) is 10.6. The highest BCUT2D eigenvalue weighted by Gasteiger charge is 2.39. The van der Waals surface area contributed by atoms with Crippen LogP contribution in [0.1, 0.15) is 45.6 Å². The molecular weight excluding hydrogens is 198 g/mol. The number of nitrogens with two attached hydrogens (primary N) is 1. The molecule has 1 aliphatic rings. The molecule has 3 heteroatoms. The van der Waals surface area contributed by atoms with Gasteiger partial charge >= 0.3 is 0 Å². The topological polar surface area (TPSA) is 43.8 Å². The zero-order valence-corrected chi connectivity index (χ0v) is 10.6. The molecule has 2 rings (SSSR count). The first-order chi connectivity index (χ1) is 7.56. The number of rotatable bonds is 2. The van der Waals surface area contributed by atoms with E-state index in [9.17, 15) is 0 Å². The van der Waals surface area contributed by atoms with Crippen molar-refractivity contribution < 1.29 is 0 Å². The second kappa shape index (κ2) is 4.21. The number of hydrogen-bond acceptors (Lipinski definition) is 2. The van der Waals surface area contributed by atoms with Crippen LogP contribution in [-0.4, -0.2) is 9.78 Å². The number of aromatic nitrogens is 2. The van der Waals surface area contributed by atoms with Crippen molar-refractivity contribution in [2.24, 2.45) is 17.6 Å². The van der Waals surface area contributed by atoms with Crippen molar-refractivity contribution in [2.75, 3.05) is 0 Å². The molecule has 1 aromatic heterocycles. The Morgan fingerprint density at radius 1 is 1.50 bits per heavy atom. The molecule has 0 radical (unpaired) electrons. The van der Waals surface area contributed by atoms with Crippen molar-refractivity contribution in [1.29, 1.82) is 0 Å². The van der Waals surface area contributed by atoms with Crippen LogP contribution in [-0.2, 0) is 12.1 Å². The largest absolute Gasteiger partial charge is 0.321 e. The second-order valence-electron chi connectivity index (χ2n) is 5.41. The summed E-state index contributed by atoms with van der Waals surface area (Å²) in [6.07, 6.45) is 7.70. The molecule has 1 heterocycles. The van der Waals surface area contributed by atoms with Gasteiger partial charge in [-0.15, -0.1) is 0 Å². The molecule has 90 valence electrons. The number of aryl methyl sites for hydroxylation is 1. The highest BCUT2D eigenvalue weighted by molar-refractivity contribution is 5.20. The van der Waals surface area contributed by atoms with Gasteiger partial charge in [0, 0.05) is 23.8 Å². The summed E-state index contributed by atoms with van der Waals surface area (Å²) < 4.78 is 1.97. The highest BCUT2D eigenvalue weighted by atomic mass is 15.3. The third kappa shape index (κ3) is 1.88. The first-order valence-electron chi connectivity index (χ1n) is 6.38. The summed E-state index contributed by atoms with van der Waals surface area (Å²) in [6, 6.07) is 0. The first-order valence-corrected chi connectivity index (χ1v) is 6.38. The molecule has 0 aromatic carbocycles. The molecule has 0 amide bonds. The fraction of sp³-hybridized carbons (Fsp3) is 0.769. The van der Waals surface area contributed by atoms with E-state index in [-0.39, 0.29) is 5.54 Å². The van der Waals surface area contributed by atoms with Crippen LogP contribution in [0.15, 0.2) is 12.4 Å². The Labute approximate surface area is 98.0 Å². The van der Waals surface area contributed by atoms with E-state index in [1.807, 2.05) is 10.9 Å². The van der Waals surface area contributed by atoms with Crippen molar-refractivity contribution in [1.82, 2.24) is 9.78 Å². The molecule has 3 atom stereocenters. The maximum Gasteiger partial charge on any atom is 0.0540 e. The van der Waals surface area contributed by atoms with E-state index >= 15 is 0 Å². The maximum atomic E-state index is 6.63. The summed E-state index contributed by atoms with van der Waals surface area (Å²) in [7, 11) is 0. The van der Waals surface area contributed by atoms with Crippen LogP contribution in [0.4, 0.5) is 0 Å². The summed E-state index contributed by atoms with van der Waals surface area (Å²) in [6.45, 7) is 7.60. The van der Waals surface area contributed by atoms with Crippen LogP contribution in [0.5, 0.6) is 0 Å². The smallest absolute Gasteiger partial charge is 0.0540 e. The molecule has 3 unspecified atom stereocenters. The average Bonchev–Trinajstić information content (AvgIpc) is 2.73. The van der Waals surface area contributed by atoms with Crippen molar-refractivity contribution >= 4 is 0 Å². The Balaban J connectivity index is 2.28. The van der Waals surface area contributed by atoms with Gasteiger partial charge in [-0.3, -0.25) is 4.68 Å². The molecule has 1 aromatic rings. The molecule has 1 fully saturated rings. The molecule has 0 aliphatic heterocycles. The Bertz CT molecular complexity index is 358. The standard InChI is InChI=1S/C13H23N3/c1-4-16-9-12(8-15-16)13(14)7-10(2)5-6-11(13)3/h8-11H,4-7,14H2,1-3H3. The van der Waals surface area contributed by atoms with Gasteiger partial charge in [0.1, 0.15) is 0 Å². The summed E-state index contributed by atoms with van der Waals surface area (Å²) in [5.74, 6) is 1.28. The number of hydrogen-bond donors (Lipinski definition) is 1. The van der Waals surface area contributed by atoms with Crippen molar-refractivity contribution in [2.45, 2.75) is 52.1 Å². The minimum atomic E-state index is -0.162. The van der Waals surface area contributed by atoms with Gasteiger partial charge in [0.25, 0.3) is 0 Å². The molecule has 1 aliphatic carbocycles. The lowest BCUT2D eigenvalue weighted by atomic mass is 9.68. The first kappa shape index (κ1) is 11.6. The quantitative estimate of drug-likeness (QED) is 0.834. The van der Waals surface area contributed by atoms with E-state index in [4.69, 9.17) is 5.73 Å². The lowest BCUT2D eigenvalue weighted by Crippen LogP contribution is -2.46. The lowest BCUT2D eigenvalue weighted by Gasteiger charge is -2.41. The molecule has 0 bridgehead atoms. The monoisotopic (exact) mass is 221 g/mol. The van der Waals surface area contributed by atoms with Crippen LogP contribution in [0.25, 0.3) is 0 Å². The van der Waals surface area contributed by atoms with E-state index in [0.29, 0.717) is 5.92 Å². The summed E-state index contributed by atoms with van der Waals surface area (Å²) in [5.41, 5.74) is 7.68. The molecule has 0 saturated heterocycles. The Morgan fingerprint density at radius 2 is 2.25 bits per heavy atom. The van der Waals surface area contributed by atoms with Crippen molar-refractivity contribution in [3.63, 3.8) is 0 Å². The Hall–Kier alpha value is -0.830. The molecule has 1 saturated carbocycles. The van der Waals surface area contributed by atoms with Gasteiger partial charge in [-0.25, -0.2) is 0 Å². The van der Waals surface area contributed by atoms with Crippen LogP contribution >= 0.6 is 0 Å². The fourth-order valence-corrected chi connectivity index (χ4v) is 2.85. The van der Waals surface area contributed by atoms with Crippen LogP contribution < -0.4 is 5.73 Å². The fourth-order valence-electron chi connectivity index (χ4n) is 2.85. The highest BCUT2D eigenvalue weighted by Crippen LogP contribution is 2.41. The van der Waals surface area contributed by atoms with Gasteiger partial charge < -0.3 is 5.73 Å². The predicted molar refractivity (Wildman–Crippen MR) is 65.9 cm³/mol. The third-order valence-electron chi connectivity index (χ3n) is 4.15. The normalized spacial score (nSPS) is 35.2. The summed E-state index contributed by atoms with van der Waals surface area (Å²) >= 11 is 0. The van der Waals surface area contributed by atoms with Crippen LogP contribution in [0.2, 0.25) is 0 Å². The van der Waals surface area contributed by atoms with Crippen molar-refractivity contribution in [3.8, 4) is 0 Å². The van der Waals surface area contributed by atoms with Crippen LogP contribution in [0.3, 0.4) is 0 Å². The van der Waals surface area contributed by atoms with Gasteiger partial charge in [0.15, 0.2) is 0 Å². The summed E-state index contributed by atoms with van der Waals surface area (Å²) in [5, 5.41) is 4.35. The molecule has 3 nitrogen and oxygen atoms in total. The van der Waals surface area contributed by atoms with Gasteiger partial charge in [-0.05, 0) is 31.6 Å². The summed E-state index contributed by atoms with van der Waals surface area (Å²) in [4.78, 5) is 0. The Morgan fingerprint density at radius 3 is 2.88 bits per heavy atom. The SMILES string of the molecule is CCn1cc(C2(N)CC(C)CCC2C)cn1. The van der Waals surface area contributed by atoms with Crippen molar-refractivity contribution in [3.05, 3.63) is 18.0 Å². The van der Waals surface area contributed by atoms with Gasteiger partial charge in [-0.1, -0.05) is 20.3 Å². The lowest BCUT2D eigenvalue weighted by molar-refractivity contribution is 0.162. The maximum absolute atomic E-state index is 6.63. The van der Waals surface area contributed by atoms with E-state index in [0.717, 1.165) is 18.9 Å². The average molecular weight is 221 g/mol. The minimum Gasteiger partial charge on any atom is -0.321 e. The Kier molecular flexibility index (Phi) is 3.06. The van der Waals surface area contributed by atoms with Gasteiger partial charge in [0.2, 0.25) is 0 Å². The molecule has 0 spiro atoms. The van der Waals surface area contributed by atoms with Gasteiger partial charge in [-0.2, -0.15) is 5.10 Å². The zero-order chi connectivity index (χ0) is 11.8. The molecular formula is C13H23N3. The second-order valence-corrected chi connectivity index (χ2v) is 5.41. The third-order valence-corrected chi connectivity index (χ3v) is 4.15. The predicted octanol–water partition coefficient (Wildman–Crippen LogP) is 2.51. The van der Waals surface area contributed by atoms with E-state index in [1.54, 1.807) is 0 Å². The van der Waals surface area contributed by atoms with E-state index in [2.05, 4.69) is 32.1 Å². The number of nitrogens with zero attached hydrogens (tertiary/aromatic N) is 2. The van der Waals surface area contributed by atoms with Gasteiger partial charge in [0.05, 0.1) is 6.20 Å². The van der Waals surface area contributed by atoms with E-state index in [1.165, 1.54) is 18.4 Å². The van der Waals surface area contributed by atoms with E-state index < -0.39 is 0 Å². The molecule has 2 N–H and O–H groups in total. The molecule has 16 heavy (non-hydrogen) atoms.